The molecular formula is C44H60N8O2S. The van der Waals surface area contributed by atoms with Crippen molar-refractivity contribution in [2.75, 3.05) is 61.1 Å². The van der Waals surface area contributed by atoms with E-state index in [4.69, 9.17) is 15.0 Å². The summed E-state index contributed by atoms with van der Waals surface area (Å²) in [6, 6.07) is 32.5. The molecule has 0 atom stereocenters. The van der Waals surface area contributed by atoms with Crippen LogP contribution < -0.4 is 25.6 Å². The molecule has 55 heavy (non-hydrogen) atoms. The number of rotatable bonds is 25. The van der Waals surface area contributed by atoms with Gasteiger partial charge in [0.25, 0.3) is 0 Å². The van der Waals surface area contributed by atoms with Gasteiger partial charge in [-0.1, -0.05) is 137 Å². The summed E-state index contributed by atoms with van der Waals surface area (Å²) in [6.07, 6.45) is 11.8. The van der Waals surface area contributed by atoms with Crippen molar-refractivity contribution in [1.82, 2.24) is 19.7 Å². The van der Waals surface area contributed by atoms with Crippen LogP contribution in [0.3, 0.4) is 0 Å². The van der Waals surface area contributed by atoms with Crippen LogP contribution in [0.5, 0.6) is 0 Å². The highest BCUT2D eigenvalue weighted by molar-refractivity contribution is 7.89. The third-order valence-electron chi connectivity index (χ3n) is 9.88. The standard InChI is InChI=1S/C44H60N8O2S/c1-4-5-6-7-8-17-31-45-42-49-43(51-44(50-42)47-34-30-37(35-22-13-11-14-23-35)36-24-15-12-16-25-36)46-32-18-9-10-19-33-48-55(53,54)41-29-21-26-38-39(41)27-20-28-40(38)52(2)3/h11-16,20-29,37,48H,4-10,17-19,30-34H2,1-3H3,(H3,45,46,47,49,50,51). The van der Waals surface area contributed by atoms with Crippen molar-refractivity contribution in [3.8, 4) is 0 Å². The second-order valence-corrected chi connectivity index (χ2v) is 16.1. The van der Waals surface area contributed by atoms with Crippen LogP contribution in [0.15, 0.2) is 102 Å². The van der Waals surface area contributed by atoms with E-state index in [-0.39, 0.29) is 5.92 Å². The summed E-state index contributed by atoms with van der Waals surface area (Å²) in [5.74, 6) is 1.93. The lowest BCUT2D eigenvalue weighted by Gasteiger charge is -2.19. The van der Waals surface area contributed by atoms with E-state index >= 15 is 0 Å². The number of hydrogen-bond donors (Lipinski definition) is 4. The zero-order valence-electron chi connectivity index (χ0n) is 32.9. The summed E-state index contributed by atoms with van der Waals surface area (Å²) in [4.78, 5) is 16.5. The molecule has 11 heteroatoms. The van der Waals surface area contributed by atoms with E-state index in [1.54, 1.807) is 6.07 Å². The van der Waals surface area contributed by atoms with Crippen LogP contribution in [-0.4, -0.2) is 63.6 Å². The fourth-order valence-electron chi connectivity index (χ4n) is 6.92. The fourth-order valence-corrected chi connectivity index (χ4v) is 8.21. The van der Waals surface area contributed by atoms with Gasteiger partial charge in [-0.25, -0.2) is 13.1 Å². The van der Waals surface area contributed by atoms with Gasteiger partial charge in [0.1, 0.15) is 0 Å². The first-order valence-electron chi connectivity index (χ1n) is 20.1. The van der Waals surface area contributed by atoms with Crippen LogP contribution in [0.4, 0.5) is 23.5 Å². The van der Waals surface area contributed by atoms with Gasteiger partial charge >= 0.3 is 0 Å². The van der Waals surface area contributed by atoms with Gasteiger partial charge in [-0.05, 0) is 48.9 Å². The normalized spacial score (nSPS) is 11.6. The maximum Gasteiger partial charge on any atom is 0.241 e. The van der Waals surface area contributed by atoms with E-state index in [0.29, 0.717) is 42.4 Å². The van der Waals surface area contributed by atoms with E-state index in [0.717, 1.165) is 61.5 Å². The molecule has 0 amide bonds. The Morgan fingerprint density at radius 3 is 1.60 bits per heavy atom. The molecule has 0 spiro atoms. The maximum absolute atomic E-state index is 13.3. The first kappa shape index (κ1) is 41.4. The molecule has 10 nitrogen and oxygen atoms in total. The zero-order valence-corrected chi connectivity index (χ0v) is 33.8. The van der Waals surface area contributed by atoms with Crippen LogP contribution in [0.25, 0.3) is 10.8 Å². The Morgan fingerprint density at radius 2 is 1.04 bits per heavy atom. The van der Waals surface area contributed by atoms with Crippen molar-refractivity contribution >= 4 is 44.3 Å². The molecule has 0 fully saturated rings. The molecule has 4 aromatic carbocycles. The van der Waals surface area contributed by atoms with Gasteiger partial charge in [0, 0.05) is 62.7 Å². The highest BCUT2D eigenvalue weighted by Crippen LogP contribution is 2.30. The van der Waals surface area contributed by atoms with Crippen LogP contribution in [-0.2, 0) is 10.0 Å². The predicted octanol–water partition coefficient (Wildman–Crippen LogP) is 9.45. The van der Waals surface area contributed by atoms with Gasteiger partial charge in [0.15, 0.2) is 0 Å². The SMILES string of the molecule is CCCCCCCCNc1nc(NCCCCCCNS(=O)(=O)c2cccc3c(N(C)C)cccc23)nc(NCCC(c2ccccc2)c2ccccc2)n1. The maximum atomic E-state index is 13.3. The summed E-state index contributed by atoms with van der Waals surface area (Å²) < 4.78 is 29.4. The Labute approximate surface area is 329 Å². The first-order chi connectivity index (χ1) is 26.9. The molecule has 0 radical (unpaired) electrons. The summed E-state index contributed by atoms with van der Waals surface area (Å²) in [6.45, 7) is 4.87. The lowest BCUT2D eigenvalue weighted by atomic mass is 9.88. The average molecular weight is 765 g/mol. The minimum Gasteiger partial charge on any atom is -0.377 e. The van der Waals surface area contributed by atoms with Crippen LogP contribution in [0.2, 0.25) is 0 Å². The molecule has 0 aliphatic rings. The van der Waals surface area contributed by atoms with Crippen LogP contribution >= 0.6 is 0 Å². The molecule has 0 saturated heterocycles. The lowest BCUT2D eigenvalue weighted by Crippen LogP contribution is -2.25. The van der Waals surface area contributed by atoms with E-state index in [1.165, 1.54) is 43.2 Å². The number of hydrogen-bond acceptors (Lipinski definition) is 9. The van der Waals surface area contributed by atoms with E-state index < -0.39 is 10.0 Å². The molecular weight excluding hydrogens is 705 g/mol. The number of anilines is 4. The van der Waals surface area contributed by atoms with Crippen molar-refractivity contribution in [1.29, 1.82) is 0 Å². The Bertz CT molecular complexity index is 1940. The number of sulfonamides is 1. The smallest absolute Gasteiger partial charge is 0.241 e. The molecule has 1 aromatic heterocycles. The molecule has 0 aliphatic carbocycles. The first-order valence-corrected chi connectivity index (χ1v) is 21.6. The Morgan fingerprint density at radius 1 is 0.545 bits per heavy atom. The molecule has 4 N–H and O–H groups in total. The molecule has 1 heterocycles. The largest absolute Gasteiger partial charge is 0.377 e. The van der Waals surface area contributed by atoms with E-state index in [1.807, 2.05) is 49.3 Å². The van der Waals surface area contributed by atoms with Gasteiger partial charge in [0.05, 0.1) is 4.90 Å². The Kier molecular flexibility index (Phi) is 16.5. The third-order valence-corrected chi connectivity index (χ3v) is 11.4. The Hall–Kier alpha value is -4.74. The third kappa shape index (κ3) is 12.9. The zero-order chi connectivity index (χ0) is 38.7. The number of nitrogens with one attached hydrogen (secondary N) is 4. The van der Waals surface area contributed by atoms with Gasteiger partial charge in [-0.2, -0.15) is 15.0 Å². The number of unbranched alkanes of at least 4 members (excludes halogenated alkanes) is 8. The average Bonchev–Trinajstić information content (AvgIpc) is 3.20. The monoisotopic (exact) mass is 764 g/mol. The molecule has 0 bridgehead atoms. The minimum atomic E-state index is -3.64. The van der Waals surface area contributed by atoms with Gasteiger partial charge in [0.2, 0.25) is 27.9 Å². The minimum absolute atomic E-state index is 0.254. The molecule has 0 unspecified atom stereocenters. The second-order valence-electron chi connectivity index (χ2n) is 14.4. The van der Waals surface area contributed by atoms with Crippen molar-refractivity contribution in [3.05, 3.63) is 108 Å². The number of nitrogens with zero attached hydrogens (tertiary/aromatic N) is 4. The van der Waals surface area contributed by atoms with Gasteiger partial charge in [-0.3, -0.25) is 0 Å². The molecule has 294 valence electrons. The molecule has 5 aromatic rings. The Balaban J connectivity index is 1.11. The summed E-state index contributed by atoms with van der Waals surface area (Å²) in [5.41, 5.74) is 3.57. The molecule has 0 saturated carbocycles. The van der Waals surface area contributed by atoms with Crippen LogP contribution in [0.1, 0.15) is 94.6 Å². The quantitative estimate of drug-likeness (QED) is 0.0431. The van der Waals surface area contributed by atoms with Crippen molar-refractivity contribution < 1.29 is 8.42 Å². The van der Waals surface area contributed by atoms with E-state index in [9.17, 15) is 8.42 Å². The second kappa shape index (κ2) is 22.0. The van der Waals surface area contributed by atoms with Gasteiger partial charge < -0.3 is 20.9 Å². The fraction of sp³-hybridized carbons (Fsp3) is 0.432. The molecule has 5 rings (SSSR count). The number of aromatic nitrogens is 3. The lowest BCUT2D eigenvalue weighted by molar-refractivity contribution is 0.573. The van der Waals surface area contributed by atoms with E-state index in [2.05, 4.69) is 88.3 Å². The number of benzene rings is 4. The highest BCUT2D eigenvalue weighted by atomic mass is 32.2. The van der Waals surface area contributed by atoms with Crippen LogP contribution in [0, 0.1) is 0 Å². The summed E-state index contributed by atoms with van der Waals surface area (Å²) >= 11 is 0. The molecule has 0 aliphatic heterocycles. The topological polar surface area (TPSA) is 124 Å². The van der Waals surface area contributed by atoms with Crippen molar-refractivity contribution in [2.45, 2.75) is 88.4 Å². The van der Waals surface area contributed by atoms with Crippen molar-refractivity contribution in [3.63, 3.8) is 0 Å². The van der Waals surface area contributed by atoms with Crippen molar-refractivity contribution in [2.24, 2.45) is 0 Å². The summed E-state index contributed by atoms with van der Waals surface area (Å²) in [7, 11) is 0.286. The highest BCUT2D eigenvalue weighted by Gasteiger charge is 2.18. The number of fused-ring (bicyclic) bond motifs is 1. The summed E-state index contributed by atoms with van der Waals surface area (Å²) in [5, 5.41) is 12.0. The predicted molar refractivity (Wildman–Crippen MR) is 230 cm³/mol. The van der Waals surface area contributed by atoms with Gasteiger partial charge in [-0.15, -0.1) is 0 Å².